The van der Waals surface area contributed by atoms with Crippen molar-refractivity contribution < 1.29 is 28.4 Å². The zero-order valence-corrected chi connectivity index (χ0v) is 16.8. The van der Waals surface area contributed by atoms with Crippen LogP contribution in [0.2, 0.25) is 0 Å². The molecule has 1 aliphatic carbocycles. The Hall–Kier alpha value is -2.58. The maximum Gasteiger partial charge on any atom is 0.231 e. The largest absolute Gasteiger partial charge is 0.488 e. The second-order valence-electron chi connectivity index (χ2n) is 8.25. The van der Waals surface area contributed by atoms with E-state index in [1.165, 1.54) is 12.3 Å². The molecule has 0 spiro atoms. The van der Waals surface area contributed by atoms with E-state index in [1.54, 1.807) is 7.11 Å². The van der Waals surface area contributed by atoms with Gasteiger partial charge in [-0.3, -0.25) is 4.90 Å². The molecule has 0 radical (unpaired) electrons. The molecule has 2 aromatic rings. The van der Waals surface area contributed by atoms with Crippen LogP contribution < -0.4 is 18.9 Å². The van der Waals surface area contributed by atoms with Gasteiger partial charge in [-0.25, -0.2) is 9.37 Å². The van der Waals surface area contributed by atoms with Gasteiger partial charge in [0, 0.05) is 31.3 Å². The number of fused-ring (bicyclic) bond motifs is 2. The normalized spacial score (nSPS) is 27.7. The maximum atomic E-state index is 13.6. The number of benzene rings is 1. The van der Waals surface area contributed by atoms with Gasteiger partial charge >= 0.3 is 0 Å². The van der Waals surface area contributed by atoms with Gasteiger partial charge in [-0.1, -0.05) is 0 Å². The van der Waals surface area contributed by atoms with Crippen molar-refractivity contribution in [3.8, 4) is 23.1 Å². The smallest absolute Gasteiger partial charge is 0.231 e. The number of pyridine rings is 1. The predicted molar refractivity (Wildman–Crippen MR) is 105 cm³/mol. The van der Waals surface area contributed by atoms with E-state index in [9.17, 15) is 9.50 Å². The summed E-state index contributed by atoms with van der Waals surface area (Å²) in [7, 11) is 1.54. The average Bonchev–Trinajstić information content (AvgIpc) is 3.34. The van der Waals surface area contributed by atoms with Crippen LogP contribution in [0.25, 0.3) is 0 Å². The van der Waals surface area contributed by atoms with Crippen molar-refractivity contribution in [3.63, 3.8) is 0 Å². The molecule has 1 saturated carbocycles. The molecule has 1 N–H and O–H groups in total. The molecular weight excluding hydrogens is 391 g/mol. The van der Waals surface area contributed by atoms with Gasteiger partial charge in [-0.15, -0.1) is 0 Å². The van der Waals surface area contributed by atoms with Gasteiger partial charge < -0.3 is 24.1 Å². The summed E-state index contributed by atoms with van der Waals surface area (Å²) in [5.74, 6) is 2.95. The molecule has 1 saturated heterocycles. The van der Waals surface area contributed by atoms with E-state index in [1.807, 2.05) is 18.2 Å². The minimum absolute atomic E-state index is 0.218. The third kappa shape index (κ3) is 3.77. The Kier molecular flexibility index (Phi) is 5.12. The van der Waals surface area contributed by atoms with Crippen LogP contribution in [0.3, 0.4) is 0 Å². The molecular formula is C22H25FN2O5. The highest BCUT2D eigenvalue weighted by molar-refractivity contribution is 5.47. The van der Waals surface area contributed by atoms with Crippen molar-refractivity contribution in [2.45, 2.75) is 31.6 Å². The van der Waals surface area contributed by atoms with Crippen LogP contribution in [0.5, 0.6) is 23.1 Å². The van der Waals surface area contributed by atoms with E-state index >= 15 is 0 Å². The van der Waals surface area contributed by atoms with E-state index in [0.29, 0.717) is 47.9 Å². The first-order valence-corrected chi connectivity index (χ1v) is 10.2. The van der Waals surface area contributed by atoms with E-state index < -0.39 is 6.10 Å². The molecule has 5 rings (SSSR count). The topological polar surface area (TPSA) is 73.3 Å². The van der Waals surface area contributed by atoms with Gasteiger partial charge in [0.1, 0.15) is 17.7 Å². The number of aliphatic hydroxyl groups excluding tert-OH is 1. The molecule has 1 aromatic carbocycles. The summed E-state index contributed by atoms with van der Waals surface area (Å²) in [5.41, 5.74) is 0.741. The fourth-order valence-corrected chi connectivity index (χ4v) is 4.87. The summed E-state index contributed by atoms with van der Waals surface area (Å²) in [6.07, 6.45) is 1.84. The Labute approximate surface area is 174 Å². The molecule has 1 aromatic heterocycles. The molecule has 0 amide bonds. The number of ether oxygens (including phenoxy) is 4. The Bertz CT molecular complexity index is 926. The number of aromatic nitrogens is 1. The molecule has 8 heteroatoms. The van der Waals surface area contributed by atoms with Crippen LogP contribution in [0.4, 0.5) is 4.39 Å². The first kappa shape index (κ1) is 19.4. The molecule has 0 bridgehead atoms. The van der Waals surface area contributed by atoms with Crippen LogP contribution in [-0.4, -0.2) is 54.2 Å². The standard InChI is InChI=1S/C22H25FN2O5/c1-27-22-15(4-16(23)8-24-22)11-25-9-13-5-18(26)20(6-14(13)10-25)30-17-2-3-19-21(7-17)29-12-28-19/h2-4,7-8,13-14,18,20,26H,5-6,9-12H2,1H3/t13-,14+,18+,20+/m0/s1. The Morgan fingerprint density at radius 2 is 1.97 bits per heavy atom. The molecule has 0 unspecified atom stereocenters. The van der Waals surface area contributed by atoms with Crippen LogP contribution in [0.15, 0.2) is 30.5 Å². The molecule has 2 fully saturated rings. The summed E-state index contributed by atoms with van der Waals surface area (Å²) in [6.45, 7) is 2.52. The highest BCUT2D eigenvalue weighted by Gasteiger charge is 2.42. The first-order chi connectivity index (χ1) is 14.6. The zero-order chi connectivity index (χ0) is 20.7. The van der Waals surface area contributed by atoms with Gasteiger partial charge in [-0.2, -0.15) is 0 Å². The first-order valence-electron chi connectivity index (χ1n) is 10.2. The van der Waals surface area contributed by atoms with Gasteiger partial charge in [0.25, 0.3) is 0 Å². The predicted octanol–water partition coefficient (Wildman–Crippen LogP) is 2.61. The zero-order valence-electron chi connectivity index (χ0n) is 16.8. The highest BCUT2D eigenvalue weighted by atomic mass is 19.1. The highest BCUT2D eigenvalue weighted by Crippen LogP contribution is 2.40. The second-order valence-corrected chi connectivity index (χ2v) is 8.25. The number of likely N-dealkylation sites (tertiary alicyclic amines) is 1. The van der Waals surface area contributed by atoms with E-state index in [-0.39, 0.29) is 18.7 Å². The van der Waals surface area contributed by atoms with Crippen LogP contribution in [0.1, 0.15) is 18.4 Å². The quantitative estimate of drug-likeness (QED) is 0.803. The number of rotatable bonds is 5. The Morgan fingerprint density at radius 1 is 1.17 bits per heavy atom. The average molecular weight is 416 g/mol. The summed E-state index contributed by atoms with van der Waals surface area (Å²) >= 11 is 0. The lowest BCUT2D eigenvalue weighted by Gasteiger charge is -2.35. The van der Waals surface area contributed by atoms with Gasteiger partial charge in [-0.05, 0) is 42.9 Å². The second kappa shape index (κ2) is 7.92. The van der Waals surface area contributed by atoms with Gasteiger partial charge in [0.05, 0.1) is 19.4 Å². The van der Waals surface area contributed by atoms with Gasteiger partial charge in [0.2, 0.25) is 12.7 Å². The van der Waals surface area contributed by atoms with E-state index in [0.717, 1.165) is 25.1 Å². The Balaban J connectivity index is 1.24. The molecule has 4 atom stereocenters. The summed E-state index contributed by atoms with van der Waals surface area (Å²) < 4.78 is 35.8. The molecule has 3 heterocycles. The number of halogens is 1. The molecule has 160 valence electrons. The summed E-state index contributed by atoms with van der Waals surface area (Å²) in [5, 5.41) is 10.7. The lowest BCUT2D eigenvalue weighted by molar-refractivity contribution is -0.0232. The van der Waals surface area contributed by atoms with Crippen molar-refractivity contribution in [2.24, 2.45) is 11.8 Å². The van der Waals surface area contributed by atoms with Crippen LogP contribution in [-0.2, 0) is 6.54 Å². The van der Waals surface area contributed by atoms with Crippen molar-refractivity contribution in [2.75, 3.05) is 27.0 Å². The van der Waals surface area contributed by atoms with Crippen molar-refractivity contribution in [1.29, 1.82) is 0 Å². The minimum Gasteiger partial charge on any atom is -0.488 e. The van der Waals surface area contributed by atoms with Crippen LogP contribution >= 0.6 is 0 Å². The van der Waals surface area contributed by atoms with Crippen molar-refractivity contribution in [3.05, 3.63) is 41.8 Å². The lowest BCUT2D eigenvalue weighted by atomic mass is 9.78. The SMILES string of the molecule is COc1ncc(F)cc1CN1C[C@H]2C[C@@H](Oc3ccc4c(c3)OCO4)[C@H](O)C[C@H]2C1. The van der Waals surface area contributed by atoms with E-state index in [2.05, 4.69) is 9.88 Å². The minimum atomic E-state index is -0.526. The number of methoxy groups -OCH3 is 1. The summed E-state index contributed by atoms with van der Waals surface area (Å²) in [6, 6.07) is 6.96. The molecule has 30 heavy (non-hydrogen) atoms. The lowest BCUT2D eigenvalue weighted by Crippen LogP contribution is -2.42. The number of hydrogen-bond acceptors (Lipinski definition) is 7. The fraction of sp³-hybridized carbons (Fsp3) is 0.500. The van der Waals surface area contributed by atoms with E-state index in [4.69, 9.17) is 18.9 Å². The fourth-order valence-electron chi connectivity index (χ4n) is 4.87. The number of nitrogens with zero attached hydrogens (tertiary/aromatic N) is 2. The van der Waals surface area contributed by atoms with Crippen LogP contribution in [0, 0.1) is 17.7 Å². The van der Waals surface area contributed by atoms with Crippen molar-refractivity contribution >= 4 is 0 Å². The number of hydrogen-bond donors (Lipinski definition) is 1. The monoisotopic (exact) mass is 416 g/mol. The molecule has 2 aliphatic heterocycles. The number of aliphatic hydroxyl groups is 1. The third-order valence-corrected chi connectivity index (χ3v) is 6.27. The van der Waals surface area contributed by atoms with Crippen molar-refractivity contribution in [1.82, 2.24) is 9.88 Å². The Morgan fingerprint density at radius 3 is 2.80 bits per heavy atom. The maximum absolute atomic E-state index is 13.6. The summed E-state index contributed by atoms with van der Waals surface area (Å²) in [4.78, 5) is 6.30. The molecule has 3 aliphatic rings. The molecule has 7 nitrogen and oxygen atoms in total. The van der Waals surface area contributed by atoms with Gasteiger partial charge in [0.15, 0.2) is 11.5 Å². The third-order valence-electron chi connectivity index (χ3n) is 6.27.